The molecule has 0 unspecified atom stereocenters. The Morgan fingerprint density at radius 2 is 1.93 bits per heavy atom. The van der Waals surface area contributed by atoms with E-state index in [2.05, 4.69) is 27.3 Å². The third-order valence-electron chi connectivity index (χ3n) is 4.49. The molecule has 0 aliphatic rings. The van der Waals surface area contributed by atoms with Crippen molar-refractivity contribution in [3.05, 3.63) is 77.5 Å². The summed E-state index contributed by atoms with van der Waals surface area (Å²) in [5.74, 6) is -0.143. The summed E-state index contributed by atoms with van der Waals surface area (Å²) in [4.78, 5) is 22.2. The largest absolute Gasteiger partial charge is 0.321 e. The lowest BCUT2D eigenvalue weighted by Crippen LogP contribution is -2.12. The molecule has 6 nitrogen and oxygen atoms in total. The number of nitrogens with one attached hydrogen (secondary N) is 1. The third kappa shape index (κ3) is 3.84. The number of rotatable bonds is 5. The summed E-state index contributed by atoms with van der Waals surface area (Å²) >= 11 is 1.50. The van der Waals surface area contributed by atoms with Crippen molar-refractivity contribution in [1.82, 2.24) is 19.6 Å². The van der Waals surface area contributed by atoms with E-state index in [1.165, 1.54) is 42.4 Å². The van der Waals surface area contributed by atoms with Gasteiger partial charge in [0.25, 0.3) is 11.7 Å². The van der Waals surface area contributed by atoms with E-state index in [0.29, 0.717) is 17.0 Å². The molecule has 0 saturated heterocycles. The van der Waals surface area contributed by atoms with E-state index >= 15 is 0 Å². The van der Waals surface area contributed by atoms with Crippen LogP contribution < -0.4 is 5.32 Å². The van der Waals surface area contributed by atoms with Gasteiger partial charge in [-0.1, -0.05) is 30.8 Å². The number of nitrogens with zero attached hydrogens (tertiary/aromatic N) is 4. The quantitative estimate of drug-likeness (QED) is 0.492. The fourth-order valence-electron chi connectivity index (χ4n) is 3.03. The normalized spacial score (nSPS) is 11.0. The van der Waals surface area contributed by atoms with Gasteiger partial charge in [0.1, 0.15) is 17.2 Å². The molecule has 0 aliphatic carbocycles. The molecule has 0 fully saturated rings. The highest BCUT2D eigenvalue weighted by molar-refractivity contribution is 7.99. The maximum absolute atomic E-state index is 13.1. The van der Waals surface area contributed by atoms with E-state index in [9.17, 15) is 9.18 Å². The van der Waals surface area contributed by atoms with Crippen LogP contribution in [0, 0.1) is 12.7 Å². The molecule has 4 aromatic rings. The SMILES string of the molecule is CCc1c(C)nc2ncnn2c1Sc1ccccc1NC(=O)c1ccc(F)cc1. The Balaban J connectivity index is 1.69. The van der Waals surface area contributed by atoms with Crippen molar-refractivity contribution in [3.8, 4) is 0 Å². The molecule has 0 aliphatic heterocycles. The lowest BCUT2D eigenvalue weighted by molar-refractivity contribution is 0.102. The van der Waals surface area contributed by atoms with Gasteiger partial charge < -0.3 is 5.32 Å². The van der Waals surface area contributed by atoms with Gasteiger partial charge in [-0.05, 0) is 49.7 Å². The first kappa shape index (κ1) is 19.1. The summed E-state index contributed by atoms with van der Waals surface area (Å²) in [6.07, 6.45) is 2.27. The van der Waals surface area contributed by atoms with Crippen LogP contribution in [-0.2, 0) is 6.42 Å². The van der Waals surface area contributed by atoms with E-state index in [-0.39, 0.29) is 11.7 Å². The Labute approximate surface area is 171 Å². The second kappa shape index (κ2) is 8.00. The monoisotopic (exact) mass is 407 g/mol. The molecular formula is C21H18FN5OS. The van der Waals surface area contributed by atoms with E-state index in [4.69, 9.17) is 0 Å². The number of carbonyl (C=O) groups excluding carboxylic acids is 1. The van der Waals surface area contributed by atoms with Crippen LogP contribution >= 0.6 is 11.8 Å². The topological polar surface area (TPSA) is 72.2 Å². The summed E-state index contributed by atoms with van der Waals surface area (Å²) in [5.41, 5.74) is 3.03. The number of benzene rings is 2. The Morgan fingerprint density at radius 1 is 1.17 bits per heavy atom. The van der Waals surface area contributed by atoms with Crippen molar-refractivity contribution in [2.75, 3.05) is 5.32 Å². The van der Waals surface area contributed by atoms with E-state index in [1.54, 1.807) is 4.52 Å². The van der Waals surface area contributed by atoms with Gasteiger partial charge in [-0.3, -0.25) is 4.79 Å². The predicted octanol–water partition coefficient (Wildman–Crippen LogP) is 4.54. The maximum Gasteiger partial charge on any atom is 0.255 e. The van der Waals surface area contributed by atoms with E-state index < -0.39 is 0 Å². The Morgan fingerprint density at radius 3 is 2.69 bits per heavy atom. The Kier molecular flexibility index (Phi) is 5.26. The molecule has 0 saturated carbocycles. The van der Waals surface area contributed by atoms with Crippen LogP contribution in [-0.4, -0.2) is 25.5 Å². The van der Waals surface area contributed by atoms with Gasteiger partial charge in [0.05, 0.1) is 5.69 Å². The van der Waals surface area contributed by atoms with Crippen LogP contribution in [0.4, 0.5) is 10.1 Å². The van der Waals surface area contributed by atoms with Gasteiger partial charge in [0, 0.05) is 21.7 Å². The van der Waals surface area contributed by atoms with Crippen LogP contribution in [0.25, 0.3) is 5.78 Å². The van der Waals surface area contributed by atoms with Crippen molar-refractivity contribution in [2.24, 2.45) is 0 Å². The predicted molar refractivity (Wildman–Crippen MR) is 110 cm³/mol. The number of para-hydroxylation sites is 1. The van der Waals surface area contributed by atoms with Crippen LogP contribution in [0.15, 0.2) is 64.8 Å². The van der Waals surface area contributed by atoms with Gasteiger partial charge in [-0.15, -0.1) is 0 Å². The number of aryl methyl sites for hydroxylation is 1. The average Bonchev–Trinajstić information content (AvgIpc) is 3.18. The first-order valence-electron chi connectivity index (χ1n) is 9.10. The fraction of sp³-hybridized carbons (Fsp3) is 0.143. The molecule has 1 N–H and O–H groups in total. The molecule has 2 heterocycles. The highest BCUT2D eigenvalue weighted by Gasteiger charge is 2.17. The van der Waals surface area contributed by atoms with Crippen molar-refractivity contribution < 1.29 is 9.18 Å². The van der Waals surface area contributed by atoms with Gasteiger partial charge in [0.15, 0.2) is 0 Å². The Bertz CT molecular complexity index is 1190. The zero-order chi connectivity index (χ0) is 20.4. The van der Waals surface area contributed by atoms with Crippen molar-refractivity contribution >= 4 is 29.1 Å². The minimum Gasteiger partial charge on any atom is -0.321 e. The molecule has 0 bridgehead atoms. The number of aromatic nitrogens is 4. The minimum absolute atomic E-state index is 0.300. The van der Waals surface area contributed by atoms with Crippen molar-refractivity contribution in [3.63, 3.8) is 0 Å². The molecule has 4 rings (SSSR count). The van der Waals surface area contributed by atoms with Crippen molar-refractivity contribution in [2.45, 2.75) is 30.2 Å². The minimum atomic E-state index is -0.380. The van der Waals surface area contributed by atoms with E-state index in [1.807, 2.05) is 31.2 Å². The maximum atomic E-state index is 13.1. The van der Waals surface area contributed by atoms with Gasteiger partial charge in [0.2, 0.25) is 0 Å². The molecule has 29 heavy (non-hydrogen) atoms. The highest BCUT2D eigenvalue weighted by atomic mass is 32.2. The summed E-state index contributed by atoms with van der Waals surface area (Å²) < 4.78 is 14.9. The molecule has 0 atom stereocenters. The summed E-state index contributed by atoms with van der Waals surface area (Å²) in [5, 5.41) is 8.14. The van der Waals surface area contributed by atoms with Crippen LogP contribution in [0.3, 0.4) is 0 Å². The molecule has 2 aromatic heterocycles. The lowest BCUT2D eigenvalue weighted by Gasteiger charge is -2.14. The number of hydrogen-bond donors (Lipinski definition) is 1. The summed E-state index contributed by atoms with van der Waals surface area (Å²) in [7, 11) is 0. The smallest absolute Gasteiger partial charge is 0.255 e. The molecule has 0 spiro atoms. The lowest BCUT2D eigenvalue weighted by atomic mass is 10.2. The number of halogens is 1. The van der Waals surface area contributed by atoms with Crippen molar-refractivity contribution in [1.29, 1.82) is 0 Å². The molecule has 2 aromatic carbocycles. The standard InChI is InChI=1S/C21H18FN5OS/c1-3-16-13(2)25-21-23-12-24-27(21)20(16)29-18-7-5-4-6-17(18)26-19(28)14-8-10-15(22)11-9-14/h4-12H,3H2,1-2H3,(H,26,28). The first-order chi connectivity index (χ1) is 14.1. The first-order valence-corrected chi connectivity index (χ1v) is 9.91. The molecule has 8 heteroatoms. The molecule has 0 radical (unpaired) electrons. The zero-order valence-electron chi connectivity index (χ0n) is 15.9. The number of anilines is 1. The summed E-state index contributed by atoms with van der Waals surface area (Å²) in [6, 6.07) is 13.0. The molecule has 1 amide bonds. The zero-order valence-corrected chi connectivity index (χ0v) is 16.7. The van der Waals surface area contributed by atoms with E-state index in [0.717, 1.165) is 27.6 Å². The number of hydrogen-bond acceptors (Lipinski definition) is 5. The average molecular weight is 407 g/mol. The van der Waals surface area contributed by atoms with Crippen LogP contribution in [0.5, 0.6) is 0 Å². The fourth-order valence-corrected chi connectivity index (χ4v) is 4.24. The summed E-state index contributed by atoms with van der Waals surface area (Å²) in [6.45, 7) is 4.03. The number of fused-ring (bicyclic) bond motifs is 1. The number of amides is 1. The van der Waals surface area contributed by atoms with Crippen LogP contribution in [0.2, 0.25) is 0 Å². The number of carbonyl (C=O) groups is 1. The molecular weight excluding hydrogens is 389 g/mol. The van der Waals surface area contributed by atoms with Gasteiger partial charge in [-0.2, -0.15) is 14.6 Å². The van der Waals surface area contributed by atoms with Gasteiger partial charge >= 0.3 is 0 Å². The highest BCUT2D eigenvalue weighted by Crippen LogP contribution is 2.36. The Hall–Kier alpha value is -3.26. The second-order valence-electron chi connectivity index (χ2n) is 6.37. The second-order valence-corrected chi connectivity index (χ2v) is 7.40. The van der Waals surface area contributed by atoms with Crippen LogP contribution in [0.1, 0.15) is 28.5 Å². The molecule has 146 valence electrons. The third-order valence-corrected chi connectivity index (χ3v) is 5.68. The van der Waals surface area contributed by atoms with Gasteiger partial charge in [-0.25, -0.2) is 9.37 Å².